The number of halogens is 2. The van der Waals surface area contributed by atoms with Crippen molar-refractivity contribution in [3.05, 3.63) is 57.4 Å². The number of sulfone groups is 1. The van der Waals surface area contributed by atoms with Crippen molar-refractivity contribution in [1.82, 2.24) is 0 Å². The lowest BCUT2D eigenvalue weighted by Gasteiger charge is -2.07. The third-order valence-electron chi connectivity index (χ3n) is 3.26. The monoisotopic (exact) mass is 399 g/mol. The number of benzene rings is 2. The van der Waals surface area contributed by atoms with Gasteiger partial charge in [0.2, 0.25) is 0 Å². The minimum Gasteiger partial charge on any atom is -0.321 e. The molecule has 0 fully saturated rings. The van der Waals surface area contributed by atoms with Crippen LogP contribution in [-0.4, -0.2) is 20.6 Å². The largest absolute Gasteiger partial charge is 0.321 e. The van der Waals surface area contributed by atoms with Crippen LogP contribution in [0.5, 0.6) is 0 Å². The fourth-order valence-electron chi connectivity index (χ4n) is 2.16. The summed E-state index contributed by atoms with van der Waals surface area (Å²) in [6, 6.07) is 11.4. The van der Waals surface area contributed by atoms with E-state index in [1.807, 2.05) is 6.07 Å². The molecule has 0 aliphatic heterocycles. The minimum absolute atomic E-state index is 0.0495. The zero-order valence-electron chi connectivity index (χ0n) is 12.3. The van der Waals surface area contributed by atoms with Crippen molar-refractivity contribution in [2.45, 2.75) is 4.90 Å². The van der Waals surface area contributed by atoms with Crippen molar-refractivity contribution in [3.63, 3.8) is 0 Å². The van der Waals surface area contributed by atoms with E-state index in [9.17, 15) is 13.2 Å². The molecule has 0 bridgehead atoms. The van der Waals surface area contributed by atoms with E-state index in [1.165, 1.54) is 29.5 Å². The number of rotatable bonds is 3. The zero-order valence-corrected chi connectivity index (χ0v) is 15.5. The lowest BCUT2D eigenvalue weighted by Crippen LogP contribution is -2.10. The van der Waals surface area contributed by atoms with Gasteiger partial charge in [0.15, 0.2) is 9.84 Å². The highest BCUT2D eigenvalue weighted by atomic mass is 35.5. The zero-order chi connectivity index (χ0) is 17.5. The maximum atomic E-state index is 12.4. The average Bonchev–Trinajstić information content (AvgIpc) is 2.88. The topological polar surface area (TPSA) is 63.2 Å². The van der Waals surface area contributed by atoms with E-state index in [2.05, 4.69) is 5.32 Å². The van der Waals surface area contributed by atoms with E-state index in [1.54, 1.807) is 18.2 Å². The van der Waals surface area contributed by atoms with Crippen molar-refractivity contribution in [2.24, 2.45) is 0 Å². The van der Waals surface area contributed by atoms with E-state index in [-0.39, 0.29) is 15.8 Å². The van der Waals surface area contributed by atoms with Gasteiger partial charge in [0.05, 0.1) is 9.77 Å². The van der Waals surface area contributed by atoms with Gasteiger partial charge in [-0.3, -0.25) is 4.79 Å². The fraction of sp³-hybridized carbons (Fsp3) is 0.0625. The number of carbonyl (C=O) groups excluding carboxylic acids is 1. The predicted octanol–water partition coefficient (Wildman–Crippen LogP) is 4.86. The van der Waals surface area contributed by atoms with Crippen LogP contribution in [0.1, 0.15) is 9.67 Å². The van der Waals surface area contributed by atoms with Gasteiger partial charge in [0, 0.05) is 26.7 Å². The van der Waals surface area contributed by atoms with Gasteiger partial charge in [-0.15, -0.1) is 11.3 Å². The van der Waals surface area contributed by atoms with E-state index in [4.69, 9.17) is 23.2 Å². The summed E-state index contributed by atoms with van der Waals surface area (Å²) in [5.41, 5.74) is 0.323. The number of anilines is 1. The third-order valence-corrected chi connectivity index (χ3v) is 5.91. The smallest absolute Gasteiger partial charge is 0.265 e. The first-order chi connectivity index (χ1) is 11.2. The molecule has 8 heteroatoms. The molecule has 0 atom stereocenters. The Kier molecular flexibility index (Phi) is 4.57. The van der Waals surface area contributed by atoms with Gasteiger partial charge in [-0.05, 0) is 41.8 Å². The minimum atomic E-state index is -3.42. The Morgan fingerprint density at radius 3 is 2.50 bits per heavy atom. The number of thiophene rings is 1. The summed E-state index contributed by atoms with van der Waals surface area (Å²) >= 11 is 13.2. The van der Waals surface area contributed by atoms with Crippen molar-refractivity contribution in [1.29, 1.82) is 0 Å². The molecule has 3 rings (SSSR count). The van der Waals surface area contributed by atoms with Crippen molar-refractivity contribution >= 4 is 66.1 Å². The number of nitrogens with one attached hydrogen (secondary N) is 1. The summed E-state index contributed by atoms with van der Waals surface area (Å²) in [7, 11) is -3.42. The van der Waals surface area contributed by atoms with Crippen molar-refractivity contribution in [3.8, 4) is 0 Å². The van der Waals surface area contributed by atoms with E-state index >= 15 is 0 Å². The Hall–Kier alpha value is -1.60. The van der Waals surface area contributed by atoms with E-state index in [0.29, 0.717) is 15.6 Å². The van der Waals surface area contributed by atoms with Gasteiger partial charge in [0.1, 0.15) is 0 Å². The quantitative estimate of drug-likeness (QED) is 0.683. The molecule has 4 nitrogen and oxygen atoms in total. The maximum absolute atomic E-state index is 12.4. The summed E-state index contributed by atoms with van der Waals surface area (Å²) < 4.78 is 24.2. The van der Waals surface area contributed by atoms with Gasteiger partial charge < -0.3 is 5.32 Å². The first-order valence-corrected chi connectivity index (χ1v) is 10.2. The second-order valence-electron chi connectivity index (χ2n) is 5.19. The number of hydrogen-bond donors (Lipinski definition) is 1. The van der Waals surface area contributed by atoms with Gasteiger partial charge in [0.25, 0.3) is 5.91 Å². The molecule has 1 N–H and O–H groups in total. The highest BCUT2D eigenvalue weighted by Gasteiger charge is 2.14. The van der Waals surface area contributed by atoms with Crippen LogP contribution in [0.4, 0.5) is 5.69 Å². The normalized spacial score (nSPS) is 11.6. The molecule has 0 radical (unpaired) electrons. The van der Waals surface area contributed by atoms with Crippen molar-refractivity contribution in [2.75, 3.05) is 11.6 Å². The molecule has 0 saturated carbocycles. The molecule has 0 unspecified atom stereocenters. The van der Waals surface area contributed by atoms with Crippen LogP contribution in [0.3, 0.4) is 0 Å². The van der Waals surface area contributed by atoms with Gasteiger partial charge in [-0.1, -0.05) is 29.3 Å². The van der Waals surface area contributed by atoms with E-state index in [0.717, 1.165) is 16.3 Å². The molecule has 1 amide bonds. The molecular weight excluding hydrogens is 389 g/mol. The van der Waals surface area contributed by atoms with Crippen LogP contribution in [-0.2, 0) is 9.84 Å². The Bertz CT molecular complexity index is 1060. The highest BCUT2D eigenvalue weighted by molar-refractivity contribution is 7.90. The van der Waals surface area contributed by atoms with Gasteiger partial charge in [-0.25, -0.2) is 8.42 Å². The summed E-state index contributed by atoms with van der Waals surface area (Å²) in [6.45, 7) is 0. The second-order valence-corrected chi connectivity index (χ2v) is 9.17. The fourth-order valence-corrected chi connectivity index (χ4v) is 4.37. The number of fused-ring (bicyclic) bond motifs is 1. The Morgan fingerprint density at radius 1 is 1.04 bits per heavy atom. The molecule has 24 heavy (non-hydrogen) atoms. The molecule has 1 aromatic heterocycles. The summed E-state index contributed by atoms with van der Waals surface area (Å²) in [6.07, 6.45) is 1.08. The second kappa shape index (κ2) is 6.37. The Labute approximate surface area is 152 Å². The summed E-state index contributed by atoms with van der Waals surface area (Å²) in [5, 5.41) is 4.42. The maximum Gasteiger partial charge on any atom is 0.265 e. The van der Waals surface area contributed by atoms with Crippen LogP contribution in [0, 0.1) is 0 Å². The van der Waals surface area contributed by atoms with Crippen LogP contribution < -0.4 is 5.32 Å². The lowest BCUT2D eigenvalue weighted by atomic mass is 10.2. The number of carbonyl (C=O) groups is 1. The molecule has 0 spiro atoms. The van der Waals surface area contributed by atoms with Gasteiger partial charge >= 0.3 is 0 Å². The van der Waals surface area contributed by atoms with Crippen LogP contribution in [0.25, 0.3) is 10.1 Å². The molecule has 3 aromatic rings. The molecular formula is C16H11Cl2NO3S2. The first kappa shape index (κ1) is 17.2. The SMILES string of the molecule is CS(=O)(=O)c1cc(Cl)cc(NC(=O)c2cc3ccc(Cl)cc3s2)c1. The third kappa shape index (κ3) is 3.72. The molecule has 2 aromatic carbocycles. The first-order valence-electron chi connectivity index (χ1n) is 6.73. The molecule has 1 heterocycles. The summed E-state index contributed by atoms with van der Waals surface area (Å²) in [5.74, 6) is -0.339. The number of amides is 1. The lowest BCUT2D eigenvalue weighted by molar-refractivity contribution is 0.103. The number of hydrogen-bond acceptors (Lipinski definition) is 4. The Balaban J connectivity index is 1.92. The molecule has 124 valence electrons. The van der Waals surface area contributed by atoms with Gasteiger partial charge in [-0.2, -0.15) is 0 Å². The molecule has 0 aliphatic rings. The standard InChI is InChI=1S/C16H11Cl2NO3S2/c1-24(21,22)13-6-11(18)5-12(8-13)19-16(20)15-4-9-2-3-10(17)7-14(9)23-15/h2-8H,1H3,(H,19,20). The van der Waals surface area contributed by atoms with Crippen LogP contribution >= 0.6 is 34.5 Å². The van der Waals surface area contributed by atoms with Crippen molar-refractivity contribution < 1.29 is 13.2 Å². The van der Waals surface area contributed by atoms with Crippen LogP contribution in [0.2, 0.25) is 10.0 Å². The molecule has 0 saturated heterocycles. The Morgan fingerprint density at radius 2 is 1.79 bits per heavy atom. The average molecular weight is 400 g/mol. The van der Waals surface area contributed by atoms with Crippen LogP contribution in [0.15, 0.2) is 47.4 Å². The summed E-state index contributed by atoms with van der Waals surface area (Å²) in [4.78, 5) is 13.0. The predicted molar refractivity (Wildman–Crippen MR) is 99.4 cm³/mol. The highest BCUT2D eigenvalue weighted by Crippen LogP contribution is 2.29. The molecule has 0 aliphatic carbocycles. The van der Waals surface area contributed by atoms with E-state index < -0.39 is 9.84 Å².